The van der Waals surface area contributed by atoms with Crippen LogP contribution in [0.2, 0.25) is 0 Å². The molecule has 0 atom stereocenters. The fraction of sp³-hybridized carbons (Fsp3) is 0.235. The summed E-state index contributed by atoms with van der Waals surface area (Å²) >= 11 is 0. The van der Waals surface area contributed by atoms with Gasteiger partial charge in [-0.05, 0) is 36.2 Å². The Hall–Kier alpha value is -2.41. The van der Waals surface area contributed by atoms with Crippen molar-refractivity contribution in [3.8, 4) is 0 Å². The first-order chi connectivity index (χ1) is 11.4. The lowest BCUT2D eigenvalue weighted by Crippen LogP contribution is -2.25. The highest BCUT2D eigenvalue weighted by molar-refractivity contribution is 7.91. The number of hydrogen-bond acceptors (Lipinski definition) is 3. The van der Waals surface area contributed by atoms with Crippen LogP contribution in [-0.4, -0.2) is 20.9 Å². The van der Waals surface area contributed by atoms with Crippen LogP contribution >= 0.6 is 0 Å². The minimum atomic E-state index is -3.73. The van der Waals surface area contributed by atoms with E-state index in [0.717, 1.165) is 11.3 Å². The topological polar surface area (TPSA) is 66.5 Å². The van der Waals surface area contributed by atoms with Crippen molar-refractivity contribution in [2.45, 2.75) is 19.1 Å². The summed E-state index contributed by atoms with van der Waals surface area (Å²) < 4.78 is 40.6. The molecule has 1 aliphatic rings. The summed E-state index contributed by atoms with van der Waals surface area (Å²) in [5, 5.41) is 0. The van der Waals surface area contributed by atoms with Crippen LogP contribution in [0, 0.1) is 5.82 Å². The Bertz CT molecular complexity index is 896. The van der Waals surface area contributed by atoms with Gasteiger partial charge in [0.15, 0.2) is 0 Å². The van der Waals surface area contributed by atoms with E-state index in [1.807, 2.05) is 0 Å². The first-order valence-electron chi connectivity index (χ1n) is 7.51. The molecule has 2 aromatic rings. The van der Waals surface area contributed by atoms with Crippen molar-refractivity contribution in [2.24, 2.45) is 0 Å². The summed E-state index contributed by atoms with van der Waals surface area (Å²) in [6.07, 6.45) is 0.678. The number of halogens is 1. The molecule has 1 amide bonds. The van der Waals surface area contributed by atoms with Gasteiger partial charge in [-0.25, -0.2) is 12.8 Å². The zero-order chi connectivity index (χ0) is 17.3. The van der Waals surface area contributed by atoms with Crippen LogP contribution in [0.4, 0.5) is 15.8 Å². The van der Waals surface area contributed by atoms with Crippen LogP contribution in [0.3, 0.4) is 0 Å². The molecule has 0 saturated carbocycles. The molecule has 24 heavy (non-hydrogen) atoms. The van der Waals surface area contributed by atoms with Crippen molar-refractivity contribution in [3.05, 3.63) is 59.4 Å². The van der Waals surface area contributed by atoms with Gasteiger partial charge in [-0.1, -0.05) is 18.2 Å². The predicted octanol–water partition coefficient (Wildman–Crippen LogP) is 2.68. The zero-order valence-corrected chi connectivity index (χ0v) is 13.9. The quantitative estimate of drug-likeness (QED) is 0.924. The van der Waals surface area contributed by atoms with Crippen LogP contribution in [0.25, 0.3) is 0 Å². The van der Waals surface area contributed by atoms with Crippen LogP contribution < -0.4 is 9.62 Å². The van der Waals surface area contributed by atoms with Crippen molar-refractivity contribution in [1.29, 1.82) is 0 Å². The van der Waals surface area contributed by atoms with Gasteiger partial charge in [0.25, 0.3) is 0 Å². The molecule has 0 spiro atoms. The summed E-state index contributed by atoms with van der Waals surface area (Å²) in [5.74, 6) is -1.02. The lowest BCUT2D eigenvalue weighted by atomic mass is 10.1. The van der Waals surface area contributed by atoms with E-state index in [-0.39, 0.29) is 11.5 Å². The fourth-order valence-corrected chi connectivity index (χ4v) is 4.03. The van der Waals surface area contributed by atoms with E-state index < -0.39 is 21.6 Å². The van der Waals surface area contributed by atoms with Crippen LogP contribution in [-0.2, 0) is 27.0 Å². The molecular formula is C17H17FN2O3S. The van der Waals surface area contributed by atoms with Crippen molar-refractivity contribution in [2.75, 3.05) is 16.2 Å². The van der Waals surface area contributed by atoms with Gasteiger partial charge in [0.2, 0.25) is 15.9 Å². The van der Waals surface area contributed by atoms with E-state index >= 15 is 0 Å². The van der Waals surface area contributed by atoms with E-state index in [9.17, 15) is 17.6 Å². The maximum atomic E-state index is 13.6. The summed E-state index contributed by atoms with van der Waals surface area (Å²) in [5.41, 5.74) is 2.25. The second kappa shape index (κ2) is 6.24. The zero-order valence-electron chi connectivity index (χ0n) is 13.1. The molecule has 2 aromatic carbocycles. The van der Waals surface area contributed by atoms with Gasteiger partial charge in [-0.3, -0.25) is 9.52 Å². The number of nitrogens with zero attached hydrogens (tertiary/aromatic N) is 1. The summed E-state index contributed by atoms with van der Waals surface area (Å²) in [6.45, 7) is 2.09. The smallest absolute Gasteiger partial charge is 0.237 e. The van der Waals surface area contributed by atoms with Gasteiger partial charge in [-0.15, -0.1) is 0 Å². The first kappa shape index (κ1) is 16.4. The minimum Gasteiger partial charge on any atom is -0.312 e. The van der Waals surface area contributed by atoms with Crippen molar-refractivity contribution in [3.63, 3.8) is 0 Å². The Morgan fingerprint density at radius 1 is 1.25 bits per heavy atom. The maximum Gasteiger partial charge on any atom is 0.237 e. The van der Waals surface area contributed by atoms with Gasteiger partial charge in [0, 0.05) is 30.4 Å². The number of rotatable bonds is 4. The number of fused-ring (bicyclic) bond motifs is 1. The Morgan fingerprint density at radius 2 is 2.00 bits per heavy atom. The molecule has 1 heterocycles. The van der Waals surface area contributed by atoms with Crippen molar-refractivity contribution < 1.29 is 17.6 Å². The van der Waals surface area contributed by atoms with Gasteiger partial charge in [0.1, 0.15) is 5.82 Å². The average Bonchev–Trinajstić information content (AvgIpc) is 2.92. The normalized spacial score (nSPS) is 13.7. The van der Waals surface area contributed by atoms with Crippen molar-refractivity contribution in [1.82, 2.24) is 0 Å². The Kier molecular flexibility index (Phi) is 4.28. The van der Waals surface area contributed by atoms with Crippen LogP contribution in [0.1, 0.15) is 18.1 Å². The second-order valence-electron chi connectivity index (χ2n) is 5.72. The number of carbonyl (C=O) groups excluding carboxylic acids is 1. The highest BCUT2D eigenvalue weighted by Gasteiger charge is 2.23. The molecule has 0 radical (unpaired) electrons. The number of nitrogens with one attached hydrogen (secondary N) is 1. The minimum absolute atomic E-state index is 0.0402. The molecule has 7 heteroatoms. The summed E-state index contributed by atoms with van der Waals surface area (Å²) in [6, 6.07) is 10.8. The number of sulfonamides is 1. The van der Waals surface area contributed by atoms with Crippen LogP contribution in [0.15, 0.2) is 42.5 Å². The molecule has 5 nitrogen and oxygen atoms in total. The third kappa shape index (κ3) is 3.41. The summed E-state index contributed by atoms with van der Waals surface area (Å²) in [7, 11) is -3.73. The number of anilines is 2. The van der Waals surface area contributed by atoms with E-state index in [0.29, 0.717) is 18.7 Å². The standard InChI is InChI=1S/C17H17FN2O3S/c1-12(21)20-9-8-13-10-15(6-7-17(13)20)19-24(22,23)11-14-4-2-3-5-16(14)18/h2-7,10,19H,8-9,11H2,1H3. The average molecular weight is 348 g/mol. The molecule has 0 aromatic heterocycles. The van der Waals surface area contributed by atoms with E-state index in [2.05, 4.69) is 4.72 Å². The number of hydrogen-bond donors (Lipinski definition) is 1. The number of benzene rings is 2. The third-order valence-electron chi connectivity index (χ3n) is 3.93. The van der Waals surface area contributed by atoms with Gasteiger partial charge in [-0.2, -0.15) is 0 Å². The molecule has 0 aliphatic carbocycles. The molecule has 0 bridgehead atoms. The monoisotopic (exact) mass is 348 g/mol. The SMILES string of the molecule is CC(=O)N1CCc2cc(NS(=O)(=O)Cc3ccccc3F)ccc21. The van der Waals surface area contributed by atoms with E-state index in [1.165, 1.54) is 25.1 Å². The summed E-state index contributed by atoms with van der Waals surface area (Å²) in [4.78, 5) is 13.2. The molecule has 0 unspecified atom stereocenters. The van der Waals surface area contributed by atoms with E-state index in [4.69, 9.17) is 0 Å². The predicted molar refractivity (Wildman–Crippen MR) is 90.8 cm³/mol. The Morgan fingerprint density at radius 3 is 2.71 bits per heavy atom. The lowest BCUT2D eigenvalue weighted by molar-refractivity contribution is -0.116. The fourth-order valence-electron chi connectivity index (χ4n) is 2.83. The lowest BCUT2D eigenvalue weighted by Gasteiger charge is -2.15. The molecule has 1 aliphatic heterocycles. The van der Waals surface area contributed by atoms with Gasteiger partial charge < -0.3 is 4.90 Å². The van der Waals surface area contributed by atoms with Crippen molar-refractivity contribution >= 4 is 27.3 Å². The van der Waals surface area contributed by atoms with Crippen LogP contribution in [0.5, 0.6) is 0 Å². The number of carbonyl (C=O) groups is 1. The molecular weight excluding hydrogens is 331 g/mol. The van der Waals surface area contributed by atoms with E-state index in [1.54, 1.807) is 29.2 Å². The molecule has 3 rings (SSSR count). The Labute approximate surface area is 140 Å². The first-order valence-corrected chi connectivity index (χ1v) is 9.16. The molecule has 126 valence electrons. The third-order valence-corrected chi connectivity index (χ3v) is 5.17. The van der Waals surface area contributed by atoms with Gasteiger partial charge in [0.05, 0.1) is 5.75 Å². The Balaban J connectivity index is 1.79. The molecule has 1 N–H and O–H groups in total. The largest absolute Gasteiger partial charge is 0.312 e. The highest BCUT2D eigenvalue weighted by Crippen LogP contribution is 2.31. The second-order valence-corrected chi connectivity index (χ2v) is 7.44. The van der Waals surface area contributed by atoms with Gasteiger partial charge >= 0.3 is 0 Å². The highest BCUT2D eigenvalue weighted by atomic mass is 32.2. The maximum absolute atomic E-state index is 13.6. The molecule has 0 fully saturated rings. The molecule has 0 saturated heterocycles. The number of amides is 1.